The summed E-state index contributed by atoms with van der Waals surface area (Å²) in [5.41, 5.74) is 10.6. The Morgan fingerprint density at radius 3 is 0.600 bits per heavy atom. The molecule has 1 saturated heterocycles. The standard InChI is InChI=1S/C15H30.C15H24.C14H23N.C13H22N2.C12H27N3.C12H21N3/c2*1-10(2)13-7-14(11(3)4)9-15(8-13)12(5)6;1-9(2)12-7-13(10(3)4)15-14(8-12)11(5)6;1-8(2)11-7-12(9(3)4)15-13(14-11)10(5)6;2*1-7(2)10-13-11(8(3)4)15-12(14-10)9(5)6/h10-15H,7-9H2,1-6H3;7-12H,1-6H3;7-11H,1-6H3;7-10H,1-6H3;7-15H,1-6H3;7-9H,1-6H3. The molecule has 9 heteroatoms. The molecule has 1 aromatic carbocycles. The largest absolute Gasteiger partial charge is 0.286 e. The first kappa shape index (κ1) is 84.4. The highest BCUT2D eigenvalue weighted by atomic mass is 15.4. The van der Waals surface area contributed by atoms with Crippen LogP contribution in [0.2, 0.25) is 0 Å². The smallest absolute Gasteiger partial charge is 0.135 e. The number of pyridine rings is 1. The summed E-state index contributed by atoms with van der Waals surface area (Å²) >= 11 is 0. The molecule has 9 nitrogen and oxygen atoms in total. The first-order chi connectivity index (χ1) is 41.5. The fourth-order valence-electron chi connectivity index (χ4n) is 10.7. The molecule has 90 heavy (non-hydrogen) atoms. The molecular weight excluding hydrogens is 1100 g/mol. The molecule has 1 aliphatic carbocycles. The van der Waals surface area contributed by atoms with Crippen LogP contribution in [-0.2, 0) is 0 Å². The normalized spacial score (nSPS) is 18.9. The average molecular weight is 1250 g/mol. The molecule has 1 saturated carbocycles. The highest BCUT2D eigenvalue weighted by Gasteiger charge is 2.34. The van der Waals surface area contributed by atoms with E-state index in [1.54, 1.807) is 0 Å². The van der Waals surface area contributed by atoms with E-state index in [1.165, 1.54) is 52.9 Å². The first-order valence-corrected chi connectivity index (χ1v) is 36.6. The number of nitrogens with one attached hydrogen (secondary N) is 3. The van der Waals surface area contributed by atoms with Gasteiger partial charge in [-0.25, -0.2) is 24.9 Å². The summed E-state index contributed by atoms with van der Waals surface area (Å²) in [6.07, 6.45) is 5.72. The second-order valence-corrected chi connectivity index (χ2v) is 32.9. The Labute approximate surface area is 559 Å². The van der Waals surface area contributed by atoms with Crippen molar-refractivity contribution >= 4 is 0 Å². The molecule has 0 bridgehead atoms. The molecule has 0 atom stereocenters. The van der Waals surface area contributed by atoms with Crippen molar-refractivity contribution in [1.82, 2.24) is 45.9 Å². The van der Waals surface area contributed by atoms with E-state index in [0.29, 0.717) is 107 Å². The van der Waals surface area contributed by atoms with Gasteiger partial charge in [0.15, 0.2) is 0 Å². The average Bonchev–Trinajstić information content (AvgIpc) is 3.46. The molecule has 4 heterocycles. The Hall–Kier alpha value is -3.66. The van der Waals surface area contributed by atoms with Crippen LogP contribution in [0.4, 0.5) is 0 Å². The van der Waals surface area contributed by atoms with E-state index in [1.807, 2.05) is 0 Å². The monoisotopic (exact) mass is 1250 g/mol. The lowest BCUT2D eigenvalue weighted by atomic mass is 9.65. The van der Waals surface area contributed by atoms with Crippen LogP contribution >= 0.6 is 0 Å². The Morgan fingerprint density at radius 1 is 0.222 bits per heavy atom. The quantitative estimate of drug-likeness (QED) is 0.0896. The van der Waals surface area contributed by atoms with E-state index in [-0.39, 0.29) is 0 Å². The topological polar surface area (TPSA) is 113 Å². The third-order valence-electron chi connectivity index (χ3n) is 18.2. The van der Waals surface area contributed by atoms with Crippen molar-refractivity contribution in [3.8, 4) is 0 Å². The van der Waals surface area contributed by atoms with Crippen LogP contribution in [0, 0.1) is 53.3 Å². The van der Waals surface area contributed by atoms with Crippen LogP contribution in [0.15, 0.2) is 36.4 Å². The van der Waals surface area contributed by atoms with Crippen molar-refractivity contribution in [2.24, 2.45) is 53.3 Å². The molecule has 1 aliphatic heterocycles. The number of aromatic nitrogens is 6. The predicted octanol–water partition coefficient (Wildman–Crippen LogP) is 23.3. The molecule has 0 radical (unpaired) electrons. The van der Waals surface area contributed by atoms with Crippen LogP contribution in [0.5, 0.6) is 0 Å². The van der Waals surface area contributed by atoms with Gasteiger partial charge >= 0.3 is 0 Å². The van der Waals surface area contributed by atoms with Gasteiger partial charge < -0.3 is 0 Å². The van der Waals surface area contributed by atoms with E-state index >= 15 is 0 Å². The molecule has 0 amide bonds. The van der Waals surface area contributed by atoms with Crippen molar-refractivity contribution in [2.45, 2.75) is 358 Å². The van der Waals surface area contributed by atoms with Gasteiger partial charge in [-0.1, -0.05) is 267 Å². The molecule has 3 N–H and O–H groups in total. The maximum atomic E-state index is 4.71. The van der Waals surface area contributed by atoms with Crippen molar-refractivity contribution in [3.63, 3.8) is 0 Å². The summed E-state index contributed by atoms with van der Waals surface area (Å²) in [7, 11) is 0. The third kappa shape index (κ3) is 29.7. The van der Waals surface area contributed by atoms with Gasteiger partial charge in [0.05, 0.1) is 18.5 Å². The third-order valence-corrected chi connectivity index (χ3v) is 18.2. The van der Waals surface area contributed by atoms with E-state index in [4.69, 9.17) is 4.98 Å². The first-order valence-electron chi connectivity index (χ1n) is 36.6. The van der Waals surface area contributed by atoms with Crippen LogP contribution in [-0.4, -0.2) is 48.4 Å². The number of rotatable bonds is 18. The zero-order valence-corrected chi connectivity index (χ0v) is 65.6. The highest BCUT2D eigenvalue weighted by molar-refractivity contribution is 5.35. The molecule has 0 spiro atoms. The van der Waals surface area contributed by atoms with Gasteiger partial charge in [-0.3, -0.25) is 20.9 Å². The van der Waals surface area contributed by atoms with Crippen molar-refractivity contribution < 1.29 is 0 Å². The number of nitrogens with zero attached hydrogens (tertiary/aromatic N) is 6. The molecular formula is C81H147N9. The molecule has 6 rings (SSSR count). The Morgan fingerprint density at radius 2 is 0.422 bits per heavy atom. The van der Waals surface area contributed by atoms with Gasteiger partial charge in [0, 0.05) is 46.4 Å². The molecule has 2 aliphatic rings. The molecule has 4 aromatic rings. The highest BCUT2D eigenvalue weighted by Crippen LogP contribution is 2.43. The van der Waals surface area contributed by atoms with Crippen LogP contribution in [0.3, 0.4) is 0 Å². The van der Waals surface area contributed by atoms with Gasteiger partial charge in [0.25, 0.3) is 0 Å². The van der Waals surface area contributed by atoms with Gasteiger partial charge in [-0.2, -0.15) is 0 Å². The lowest BCUT2D eigenvalue weighted by molar-refractivity contribution is 0.102. The zero-order valence-electron chi connectivity index (χ0n) is 65.6. The summed E-state index contributed by atoms with van der Waals surface area (Å²) in [6, 6.07) is 13.7. The lowest BCUT2D eigenvalue weighted by Gasteiger charge is -2.43. The Balaban J connectivity index is 0.000000540. The molecule has 0 unspecified atom stereocenters. The molecule has 2 fully saturated rings. The minimum atomic E-state index is 0.364. The second-order valence-electron chi connectivity index (χ2n) is 32.9. The molecule has 3 aromatic heterocycles. The van der Waals surface area contributed by atoms with Gasteiger partial charge in [0.2, 0.25) is 0 Å². The fourth-order valence-corrected chi connectivity index (χ4v) is 10.7. The van der Waals surface area contributed by atoms with Gasteiger partial charge in [-0.05, 0) is 160 Å². The zero-order chi connectivity index (χ0) is 69.5. The summed E-state index contributed by atoms with van der Waals surface area (Å²) in [5.74, 6) is 17.1. The number of hydrogen-bond donors (Lipinski definition) is 3. The minimum Gasteiger partial charge on any atom is -0.286 e. The maximum absolute atomic E-state index is 4.71. The van der Waals surface area contributed by atoms with Crippen LogP contribution in [0.25, 0.3) is 0 Å². The van der Waals surface area contributed by atoms with Gasteiger partial charge in [-0.15, -0.1) is 0 Å². The van der Waals surface area contributed by atoms with E-state index in [2.05, 4.69) is 327 Å². The second kappa shape index (κ2) is 40.6. The molecule has 516 valence electrons. The van der Waals surface area contributed by atoms with E-state index < -0.39 is 0 Å². The van der Waals surface area contributed by atoms with E-state index in [9.17, 15) is 0 Å². The Kier molecular flexibility index (Phi) is 38.0. The van der Waals surface area contributed by atoms with Crippen molar-refractivity contribution in [1.29, 1.82) is 0 Å². The van der Waals surface area contributed by atoms with Crippen molar-refractivity contribution in [3.05, 3.63) is 105 Å². The predicted molar refractivity (Wildman–Crippen MR) is 396 cm³/mol. The number of benzene rings is 1. The minimum absolute atomic E-state index is 0.364. The maximum Gasteiger partial charge on any atom is 0.135 e. The SMILES string of the molecule is CC(C)C1CC(C(C)C)CC(C(C)C)C1.CC(C)C1NC(C(C)C)NC(C(C)C)N1.CC(C)c1cc(C(C)C)cc(C(C)C)c1.CC(C)c1cc(C(C)C)nc(C(C)C)c1.CC(C)c1cc(C(C)C)nc(C(C)C)n1.CC(C)c1nc(C(C)C)nc(C(C)C)n1. The van der Waals surface area contributed by atoms with Crippen molar-refractivity contribution in [2.75, 3.05) is 0 Å². The summed E-state index contributed by atoms with van der Waals surface area (Å²) in [4.78, 5) is 27.4. The number of hydrogen-bond acceptors (Lipinski definition) is 9. The summed E-state index contributed by atoms with van der Waals surface area (Å²) in [6.45, 7) is 80.6. The van der Waals surface area contributed by atoms with Crippen LogP contribution in [0.1, 0.15) is 408 Å². The Bertz CT molecular complexity index is 1930. The summed E-state index contributed by atoms with van der Waals surface area (Å²) < 4.78 is 0. The van der Waals surface area contributed by atoms with Gasteiger partial charge in [0.1, 0.15) is 23.3 Å². The van der Waals surface area contributed by atoms with E-state index in [0.717, 1.165) is 70.2 Å². The summed E-state index contributed by atoms with van der Waals surface area (Å²) in [5, 5.41) is 10.8. The van der Waals surface area contributed by atoms with Crippen LogP contribution < -0.4 is 16.0 Å². The fraction of sp³-hybridized carbons (Fsp3) is 0.778. The lowest BCUT2D eigenvalue weighted by Crippen LogP contribution is -2.71.